The van der Waals surface area contributed by atoms with Crippen molar-refractivity contribution in [2.75, 3.05) is 12.0 Å². The van der Waals surface area contributed by atoms with Crippen LogP contribution in [0.2, 0.25) is 0 Å². The fourth-order valence-corrected chi connectivity index (χ4v) is 5.05. The summed E-state index contributed by atoms with van der Waals surface area (Å²) in [7, 11) is 1.53. The molecule has 3 aromatic carbocycles. The van der Waals surface area contributed by atoms with Crippen molar-refractivity contribution in [3.63, 3.8) is 0 Å². The molecular weight excluding hydrogens is 507 g/mol. The molecule has 0 bridgehead atoms. The van der Waals surface area contributed by atoms with Crippen LogP contribution in [0, 0.1) is 17.1 Å². The number of methoxy groups -OCH3 is 1. The van der Waals surface area contributed by atoms with E-state index in [1.165, 1.54) is 13.2 Å². The van der Waals surface area contributed by atoms with Gasteiger partial charge >= 0.3 is 0 Å². The lowest BCUT2D eigenvalue weighted by Crippen LogP contribution is -2.33. The number of hydrogen-bond donors (Lipinski definition) is 0. The van der Waals surface area contributed by atoms with Gasteiger partial charge in [-0.05, 0) is 29.8 Å². The highest BCUT2D eigenvalue weighted by molar-refractivity contribution is 5.95. The second-order valence-corrected chi connectivity index (χ2v) is 9.59. The van der Waals surface area contributed by atoms with Gasteiger partial charge in [0.25, 0.3) is 0 Å². The van der Waals surface area contributed by atoms with Crippen LogP contribution in [0.1, 0.15) is 28.2 Å². The van der Waals surface area contributed by atoms with E-state index >= 15 is 4.39 Å². The summed E-state index contributed by atoms with van der Waals surface area (Å²) in [6, 6.07) is 22.1. The second-order valence-electron chi connectivity index (χ2n) is 9.59. The predicted octanol–water partition coefficient (Wildman–Crippen LogP) is 4.95. The Hall–Kier alpha value is -5.23. The average molecular weight is 533 g/mol. The Morgan fingerprint density at radius 3 is 2.75 bits per heavy atom. The van der Waals surface area contributed by atoms with Gasteiger partial charge in [0.15, 0.2) is 0 Å². The maximum atomic E-state index is 15.1. The molecule has 1 amide bonds. The molecule has 40 heavy (non-hydrogen) atoms. The standard InChI is InChI=1S/C31H25FN6O2/c1-40-29-12-21(10-11-23(29)14-33)16-37-20-34-15-24(37)13-31(39)38-19-30-35-27(22-6-3-2-4-7-22)18-36(30)17-25-26(32)8-5-9-28(25)38/h2-12,15,18,20H,13,16-17,19H2,1H3. The van der Waals surface area contributed by atoms with Crippen LogP contribution < -0.4 is 9.64 Å². The quantitative estimate of drug-likeness (QED) is 0.309. The maximum Gasteiger partial charge on any atom is 0.233 e. The molecule has 198 valence electrons. The normalized spacial score (nSPS) is 12.3. The molecule has 1 aliphatic heterocycles. The molecule has 3 heterocycles. The van der Waals surface area contributed by atoms with E-state index in [4.69, 9.17) is 9.72 Å². The van der Waals surface area contributed by atoms with Crippen LogP contribution in [0.15, 0.2) is 85.5 Å². The Morgan fingerprint density at radius 1 is 1.10 bits per heavy atom. The minimum Gasteiger partial charge on any atom is -0.495 e. The summed E-state index contributed by atoms with van der Waals surface area (Å²) in [6.07, 6.45) is 5.31. The summed E-state index contributed by atoms with van der Waals surface area (Å²) >= 11 is 0. The number of imidazole rings is 2. The van der Waals surface area contributed by atoms with E-state index in [2.05, 4.69) is 11.1 Å². The van der Waals surface area contributed by atoms with E-state index in [9.17, 15) is 10.1 Å². The molecule has 8 nitrogen and oxygen atoms in total. The number of ether oxygens (including phenoxy) is 1. The number of benzene rings is 3. The Bertz CT molecular complexity index is 1750. The van der Waals surface area contributed by atoms with Crippen molar-refractivity contribution in [1.29, 1.82) is 5.26 Å². The number of hydrogen-bond acceptors (Lipinski definition) is 5. The zero-order valence-electron chi connectivity index (χ0n) is 21.8. The number of amides is 1. The molecule has 0 saturated heterocycles. The third-order valence-electron chi connectivity index (χ3n) is 7.11. The van der Waals surface area contributed by atoms with E-state index in [0.29, 0.717) is 40.6 Å². The van der Waals surface area contributed by atoms with Gasteiger partial charge in [0.1, 0.15) is 23.5 Å². The largest absolute Gasteiger partial charge is 0.495 e. The van der Waals surface area contributed by atoms with E-state index in [1.54, 1.807) is 35.6 Å². The van der Waals surface area contributed by atoms with Crippen molar-refractivity contribution < 1.29 is 13.9 Å². The third-order valence-corrected chi connectivity index (χ3v) is 7.11. The highest BCUT2D eigenvalue weighted by Crippen LogP contribution is 2.31. The van der Waals surface area contributed by atoms with Crippen LogP contribution in [0.3, 0.4) is 0 Å². The molecule has 0 unspecified atom stereocenters. The third kappa shape index (κ3) is 4.71. The fraction of sp³-hybridized carbons (Fsp3) is 0.161. The second kappa shape index (κ2) is 10.5. The Balaban J connectivity index is 1.30. The molecule has 6 rings (SSSR count). The summed E-state index contributed by atoms with van der Waals surface area (Å²) in [6.45, 7) is 0.934. The number of carbonyl (C=O) groups is 1. The lowest BCUT2D eigenvalue weighted by Gasteiger charge is -2.23. The van der Waals surface area contributed by atoms with Crippen molar-refractivity contribution in [2.45, 2.75) is 26.1 Å². The monoisotopic (exact) mass is 532 g/mol. The van der Waals surface area contributed by atoms with Crippen molar-refractivity contribution in [2.24, 2.45) is 0 Å². The minimum atomic E-state index is -0.363. The molecule has 0 saturated carbocycles. The van der Waals surface area contributed by atoms with E-state index in [-0.39, 0.29) is 31.2 Å². The van der Waals surface area contributed by atoms with E-state index in [1.807, 2.05) is 57.8 Å². The zero-order valence-corrected chi connectivity index (χ0v) is 21.8. The van der Waals surface area contributed by atoms with Gasteiger partial charge in [0.2, 0.25) is 5.91 Å². The van der Waals surface area contributed by atoms with Crippen molar-refractivity contribution in [3.8, 4) is 23.1 Å². The highest BCUT2D eigenvalue weighted by atomic mass is 19.1. The maximum absolute atomic E-state index is 15.1. The van der Waals surface area contributed by atoms with Gasteiger partial charge in [-0.2, -0.15) is 5.26 Å². The van der Waals surface area contributed by atoms with Gasteiger partial charge < -0.3 is 18.8 Å². The van der Waals surface area contributed by atoms with Crippen molar-refractivity contribution in [1.82, 2.24) is 19.1 Å². The summed E-state index contributed by atoms with van der Waals surface area (Å²) in [4.78, 5) is 24.5. The number of anilines is 1. The van der Waals surface area contributed by atoms with Crippen LogP contribution in [-0.2, 0) is 30.8 Å². The van der Waals surface area contributed by atoms with E-state index < -0.39 is 0 Å². The summed E-state index contributed by atoms with van der Waals surface area (Å²) < 4.78 is 24.2. The SMILES string of the molecule is COc1cc(Cn2cncc2CC(=O)N2Cc3nc(-c4ccccc4)cn3Cc3c(F)cccc32)ccc1C#N. The van der Waals surface area contributed by atoms with Crippen LogP contribution in [-0.4, -0.2) is 32.1 Å². The topological polar surface area (TPSA) is 89.0 Å². The highest BCUT2D eigenvalue weighted by Gasteiger charge is 2.28. The first-order valence-corrected chi connectivity index (χ1v) is 12.8. The molecule has 5 aromatic rings. The van der Waals surface area contributed by atoms with Gasteiger partial charge in [-0.1, -0.05) is 42.5 Å². The smallest absolute Gasteiger partial charge is 0.233 e. The number of halogens is 1. The van der Waals surface area contributed by atoms with Crippen LogP contribution in [0.25, 0.3) is 11.3 Å². The molecule has 2 aromatic heterocycles. The fourth-order valence-electron chi connectivity index (χ4n) is 5.05. The predicted molar refractivity (Wildman–Crippen MR) is 147 cm³/mol. The number of nitrogens with zero attached hydrogens (tertiary/aromatic N) is 6. The molecule has 9 heteroatoms. The van der Waals surface area contributed by atoms with Crippen LogP contribution in [0.4, 0.5) is 10.1 Å². The van der Waals surface area contributed by atoms with Gasteiger partial charge in [-0.3, -0.25) is 4.79 Å². The van der Waals surface area contributed by atoms with Gasteiger partial charge in [0.05, 0.1) is 49.9 Å². The van der Waals surface area contributed by atoms with Crippen LogP contribution >= 0.6 is 0 Å². The lowest BCUT2D eigenvalue weighted by atomic mass is 10.1. The number of nitriles is 1. The number of aromatic nitrogens is 4. The van der Waals surface area contributed by atoms with Gasteiger partial charge in [-0.25, -0.2) is 14.4 Å². The van der Waals surface area contributed by atoms with E-state index in [0.717, 1.165) is 16.8 Å². The molecule has 0 radical (unpaired) electrons. The number of rotatable bonds is 6. The molecular formula is C31H25FN6O2. The van der Waals surface area contributed by atoms with Crippen LogP contribution in [0.5, 0.6) is 5.75 Å². The Morgan fingerprint density at radius 2 is 1.95 bits per heavy atom. The van der Waals surface area contributed by atoms with Crippen molar-refractivity contribution in [3.05, 3.63) is 119 Å². The van der Waals surface area contributed by atoms with Crippen molar-refractivity contribution >= 4 is 11.6 Å². The molecule has 0 N–H and O–H groups in total. The molecule has 1 aliphatic rings. The Labute approximate surface area is 230 Å². The lowest BCUT2D eigenvalue weighted by molar-refractivity contribution is -0.118. The summed E-state index contributed by atoms with van der Waals surface area (Å²) in [5.74, 6) is 0.619. The number of fused-ring (bicyclic) bond motifs is 2. The first-order valence-electron chi connectivity index (χ1n) is 12.8. The summed E-state index contributed by atoms with van der Waals surface area (Å²) in [5, 5.41) is 9.27. The molecule has 0 aliphatic carbocycles. The zero-order chi connectivity index (χ0) is 27.6. The average Bonchev–Trinajstić information content (AvgIpc) is 3.55. The molecule has 0 spiro atoms. The van der Waals surface area contributed by atoms with Gasteiger partial charge in [-0.15, -0.1) is 0 Å². The van der Waals surface area contributed by atoms with Gasteiger partial charge in [0, 0.05) is 35.8 Å². The first kappa shape index (κ1) is 25.1. The first-order chi connectivity index (χ1) is 19.5. The molecule has 0 atom stereocenters. The number of carbonyl (C=O) groups excluding carboxylic acids is 1. The Kier molecular flexibility index (Phi) is 6.58. The molecule has 0 fully saturated rings. The minimum absolute atomic E-state index is 0.0651. The summed E-state index contributed by atoms with van der Waals surface area (Å²) in [5.41, 5.74) is 4.79.